The number of carbonyl (C=O) groups excluding carboxylic acids is 2. The maximum Gasteiger partial charge on any atom is 0.341 e. The molecule has 2 unspecified atom stereocenters. The van der Waals surface area contributed by atoms with Crippen LogP contribution in [-0.2, 0) is 19.1 Å². The predicted octanol–water partition coefficient (Wildman–Crippen LogP) is 1.39. The van der Waals surface area contributed by atoms with Gasteiger partial charge in [-0.1, -0.05) is 0 Å². The Labute approximate surface area is 186 Å². The number of alkyl halides is 2. The Balaban J connectivity index is 1.91. The van der Waals surface area contributed by atoms with Gasteiger partial charge in [0.1, 0.15) is 5.60 Å². The molecule has 1 saturated heterocycles. The third-order valence-electron chi connectivity index (χ3n) is 4.72. The topological polar surface area (TPSA) is 116 Å². The number of esters is 1. The van der Waals surface area contributed by atoms with Crippen LogP contribution in [0.5, 0.6) is 0 Å². The van der Waals surface area contributed by atoms with Crippen molar-refractivity contribution in [2.24, 2.45) is 0 Å². The largest absolute Gasteiger partial charge is 0.458 e. The van der Waals surface area contributed by atoms with E-state index in [-0.39, 0.29) is 23.4 Å². The number of aliphatic hydroxyl groups is 1. The van der Waals surface area contributed by atoms with Crippen molar-refractivity contribution in [3.8, 4) is 5.69 Å². The smallest absolute Gasteiger partial charge is 0.341 e. The van der Waals surface area contributed by atoms with Crippen molar-refractivity contribution in [3.05, 3.63) is 40.7 Å². The molecule has 0 radical (unpaired) electrons. The van der Waals surface area contributed by atoms with Crippen molar-refractivity contribution >= 4 is 17.7 Å². The number of ether oxygens (including phenoxy) is 2. The molecule has 13 heteroatoms. The first kappa shape index (κ1) is 24.5. The number of amides is 1. The normalized spacial score (nSPS) is 19.0. The quantitative estimate of drug-likeness (QED) is 0.654. The lowest BCUT2D eigenvalue weighted by Gasteiger charge is -2.38. The SMILES string of the molecule is CC(C)(C)OC(=O)C(C)(O)C1OCCN(c2nn(-c3ccc(=O)n(C(F)F)c3)cc2F)C1=O. The van der Waals surface area contributed by atoms with Crippen LogP contribution >= 0.6 is 0 Å². The second-order valence-corrected chi connectivity index (χ2v) is 8.55. The molecule has 0 aromatic carbocycles. The molecule has 180 valence electrons. The van der Waals surface area contributed by atoms with Gasteiger partial charge in [0, 0.05) is 12.3 Å². The molecule has 2 atom stereocenters. The van der Waals surface area contributed by atoms with Crippen LogP contribution in [0.1, 0.15) is 34.2 Å². The number of pyridine rings is 1. The lowest BCUT2D eigenvalue weighted by molar-refractivity contribution is -0.194. The average molecular weight is 472 g/mol. The average Bonchev–Trinajstić information content (AvgIpc) is 3.08. The summed E-state index contributed by atoms with van der Waals surface area (Å²) in [6.07, 6.45) is -0.0683. The summed E-state index contributed by atoms with van der Waals surface area (Å²) in [5.74, 6) is -3.49. The first-order valence-electron chi connectivity index (χ1n) is 9.87. The maximum absolute atomic E-state index is 14.7. The summed E-state index contributed by atoms with van der Waals surface area (Å²) in [4.78, 5) is 37.8. The number of hydrogen-bond donors (Lipinski definition) is 1. The highest BCUT2D eigenvalue weighted by Crippen LogP contribution is 2.28. The van der Waals surface area contributed by atoms with E-state index in [9.17, 15) is 32.7 Å². The van der Waals surface area contributed by atoms with E-state index in [1.807, 2.05) is 0 Å². The van der Waals surface area contributed by atoms with Gasteiger partial charge in [-0.2, -0.15) is 8.78 Å². The highest BCUT2D eigenvalue weighted by atomic mass is 19.3. The van der Waals surface area contributed by atoms with E-state index in [2.05, 4.69) is 5.10 Å². The molecule has 33 heavy (non-hydrogen) atoms. The van der Waals surface area contributed by atoms with E-state index in [0.717, 1.165) is 41.0 Å². The molecule has 2 aromatic rings. The Morgan fingerprint density at radius 2 is 1.91 bits per heavy atom. The molecular weight excluding hydrogens is 449 g/mol. The Bertz CT molecular complexity index is 1120. The van der Waals surface area contributed by atoms with Gasteiger partial charge >= 0.3 is 12.5 Å². The lowest BCUT2D eigenvalue weighted by atomic mass is 9.96. The molecular formula is C20H23F3N4O6. The summed E-state index contributed by atoms with van der Waals surface area (Å²) in [5.41, 5.74) is -4.34. The van der Waals surface area contributed by atoms with Gasteiger partial charge in [-0.25, -0.2) is 13.9 Å². The summed E-state index contributed by atoms with van der Waals surface area (Å²) >= 11 is 0. The molecule has 0 bridgehead atoms. The minimum absolute atomic E-state index is 0.0574. The fourth-order valence-electron chi connectivity index (χ4n) is 3.13. The standard InChI is InChI=1S/C20H23F3N4O6/c1-19(2,3)33-17(30)20(4,31)14-16(29)25(7-8-32-14)15-12(21)10-27(24-15)11-5-6-13(28)26(9-11)18(22)23/h5-6,9-10,14,18,31H,7-8H2,1-4H3. The zero-order valence-electron chi connectivity index (χ0n) is 18.3. The zero-order valence-corrected chi connectivity index (χ0v) is 18.3. The molecule has 1 N–H and O–H groups in total. The van der Waals surface area contributed by atoms with Crippen molar-refractivity contribution in [2.45, 2.75) is 51.6 Å². The number of morpholine rings is 1. The molecule has 2 aromatic heterocycles. The van der Waals surface area contributed by atoms with E-state index in [0.29, 0.717) is 0 Å². The highest BCUT2D eigenvalue weighted by Gasteiger charge is 2.51. The van der Waals surface area contributed by atoms with Gasteiger partial charge in [-0.15, -0.1) is 5.10 Å². The number of nitrogens with zero attached hydrogens (tertiary/aromatic N) is 4. The lowest BCUT2D eigenvalue weighted by Crippen LogP contribution is -2.61. The molecule has 1 amide bonds. The Hall–Kier alpha value is -3.19. The van der Waals surface area contributed by atoms with Crippen LogP contribution in [0.15, 0.2) is 29.3 Å². The first-order valence-corrected chi connectivity index (χ1v) is 9.87. The molecule has 3 heterocycles. The van der Waals surface area contributed by atoms with Crippen LogP contribution in [0, 0.1) is 5.82 Å². The Morgan fingerprint density at radius 1 is 1.24 bits per heavy atom. The Morgan fingerprint density at radius 3 is 2.52 bits per heavy atom. The number of carbonyl (C=O) groups is 2. The third-order valence-corrected chi connectivity index (χ3v) is 4.72. The maximum atomic E-state index is 14.7. The second-order valence-electron chi connectivity index (χ2n) is 8.55. The number of aromatic nitrogens is 3. The first-order chi connectivity index (χ1) is 15.2. The van der Waals surface area contributed by atoms with Gasteiger partial charge in [-0.05, 0) is 33.8 Å². The van der Waals surface area contributed by atoms with E-state index in [4.69, 9.17) is 9.47 Å². The molecule has 1 fully saturated rings. The van der Waals surface area contributed by atoms with Crippen LogP contribution in [0.3, 0.4) is 0 Å². The van der Waals surface area contributed by atoms with Crippen molar-refractivity contribution in [3.63, 3.8) is 0 Å². The Kier molecular flexibility index (Phi) is 6.40. The van der Waals surface area contributed by atoms with Crippen molar-refractivity contribution < 1.29 is 37.3 Å². The molecule has 10 nitrogen and oxygen atoms in total. The summed E-state index contributed by atoms with van der Waals surface area (Å²) in [7, 11) is 0. The van der Waals surface area contributed by atoms with E-state index in [1.54, 1.807) is 20.8 Å². The molecule has 0 aliphatic carbocycles. The van der Waals surface area contributed by atoms with Gasteiger partial charge in [-0.3, -0.25) is 19.1 Å². The van der Waals surface area contributed by atoms with Crippen LogP contribution in [-0.4, -0.2) is 61.8 Å². The fraction of sp³-hybridized carbons (Fsp3) is 0.500. The summed E-state index contributed by atoms with van der Waals surface area (Å²) in [6, 6.07) is 2.03. The highest BCUT2D eigenvalue weighted by molar-refractivity contribution is 6.01. The number of rotatable bonds is 5. The number of halogens is 3. The van der Waals surface area contributed by atoms with Gasteiger partial charge in [0.05, 0.1) is 25.0 Å². The molecule has 0 spiro atoms. The van der Waals surface area contributed by atoms with Gasteiger partial charge in [0.2, 0.25) is 0 Å². The van der Waals surface area contributed by atoms with Crippen molar-refractivity contribution in [1.82, 2.24) is 14.3 Å². The van der Waals surface area contributed by atoms with Crippen molar-refractivity contribution in [1.29, 1.82) is 0 Å². The van der Waals surface area contributed by atoms with Crippen LogP contribution in [0.4, 0.5) is 19.0 Å². The minimum Gasteiger partial charge on any atom is -0.458 e. The van der Waals surface area contributed by atoms with Crippen LogP contribution in [0.2, 0.25) is 0 Å². The predicted molar refractivity (Wildman–Crippen MR) is 108 cm³/mol. The number of hydrogen-bond acceptors (Lipinski definition) is 7. The molecule has 3 rings (SSSR count). The van der Waals surface area contributed by atoms with Gasteiger partial charge in [0.15, 0.2) is 23.3 Å². The summed E-state index contributed by atoms with van der Waals surface area (Å²) in [6.45, 7) is 2.37. The second kappa shape index (κ2) is 8.63. The summed E-state index contributed by atoms with van der Waals surface area (Å²) in [5, 5.41) is 14.6. The third kappa shape index (κ3) is 4.93. The van der Waals surface area contributed by atoms with E-state index < -0.39 is 52.9 Å². The number of anilines is 1. The van der Waals surface area contributed by atoms with E-state index in [1.165, 1.54) is 0 Å². The van der Waals surface area contributed by atoms with Gasteiger partial charge < -0.3 is 14.6 Å². The van der Waals surface area contributed by atoms with Crippen LogP contribution in [0.25, 0.3) is 5.69 Å². The summed E-state index contributed by atoms with van der Waals surface area (Å²) < 4.78 is 52.2. The molecule has 0 saturated carbocycles. The fourth-order valence-corrected chi connectivity index (χ4v) is 3.13. The van der Waals surface area contributed by atoms with Crippen LogP contribution < -0.4 is 10.5 Å². The zero-order chi connectivity index (χ0) is 24.7. The minimum atomic E-state index is -3.12. The van der Waals surface area contributed by atoms with Gasteiger partial charge in [0.25, 0.3) is 11.5 Å². The molecule has 1 aliphatic heterocycles. The monoisotopic (exact) mass is 472 g/mol. The van der Waals surface area contributed by atoms with Crippen molar-refractivity contribution in [2.75, 3.05) is 18.1 Å². The van der Waals surface area contributed by atoms with E-state index >= 15 is 0 Å². The molecule has 1 aliphatic rings.